The monoisotopic (exact) mass is 307 g/mol. The highest BCUT2D eigenvalue weighted by molar-refractivity contribution is 7.14. The Kier molecular flexibility index (Phi) is 3.61. The van der Waals surface area contributed by atoms with Crippen molar-refractivity contribution in [2.24, 2.45) is 0 Å². The van der Waals surface area contributed by atoms with Crippen LogP contribution in [-0.4, -0.2) is 35.4 Å². The Bertz CT molecular complexity index is 668. The number of thiophene rings is 1. The molecule has 8 heteroatoms. The molecule has 1 amide bonds. The molecule has 3 heterocycles. The summed E-state index contributed by atoms with van der Waals surface area (Å²) in [7, 11) is 1.30. The minimum Gasteiger partial charge on any atom is -0.478 e. The number of carbonyl (C=O) groups is 2. The smallest absolute Gasteiger partial charge is 0.340 e. The summed E-state index contributed by atoms with van der Waals surface area (Å²) in [5, 5.41) is 9.03. The molecule has 21 heavy (non-hydrogen) atoms. The maximum Gasteiger partial charge on any atom is 0.340 e. The molecular formula is C13H13N3O4S. The van der Waals surface area contributed by atoms with Gasteiger partial charge in [-0.25, -0.2) is 9.48 Å². The Balaban J connectivity index is 1.79. The van der Waals surface area contributed by atoms with E-state index in [2.05, 4.69) is 15.2 Å². The summed E-state index contributed by atoms with van der Waals surface area (Å²) >= 11 is 1.25. The van der Waals surface area contributed by atoms with Crippen LogP contribution in [0.4, 0.5) is 5.00 Å². The van der Waals surface area contributed by atoms with Crippen LogP contribution in [0.5, 0.6) is 5.88 Å². The van der Waals surface area contributed by atoms with Crippen molar-refractivity contribution in [3.63, 3.8) is 0 Å². The maximum absolute atomic E-state index is 12.2. The highest BCUT2D eigenvalue weighted by Crippen LogP contribution is 2.25. The summed E-state index contributed by atoms with van der Waals surface area (Å²) in [6.07, 6.45) is 0.868. The molecule has 0 aliphatic carbocycles. The van der Waals surface area contributed by atoms with E-state index in [1.807, 2.05) is 0 Å². The van der Waals surface area contributed by atoms with Crippen molar-refractivity contribution in [2.75, 3.05) is 19.0 Å². The van der Waals surface area contributed by atoms with Crippen molar-refractivity contribution in [1.82, 2.24) is 9.78 Å². The van der Waals surface area contributed by atoms with E-state index in [1.165, 1.54) is 18.4 Å². The lowest BCUT2D eigenvalue weighted by atomic mass is 10.3. The Labute approximate surface area is 124 Å². The number of amides is 1. The van der Waals surface area contributed by atoms with Gasteiger partial charge in [0.2, 0.25) is 5.88 Å². The van der Waals surface area contributed by atoms with E-state index in [-0.39, 0.29) is 11.6 Å². The fourth-order valence-corrected chi connectivity index (χ4v) is 2.79. The van der Waals surface area contributed by atoms with Crippen molar-refractivity contribution < 1.29 is 19.1 Å². The van der Waals surface area contributed by atoms with Gasteiger partial charge in [-0.2, -0.15) is 5.10 Å². The van der Waals surface area contributed by atoms with Gasteiger partial charge in [0.05, 0.1) is 19.3 Å². The first kappa shape index (κ1) is 13.6. The van der Waals surface area contributed by atoms with Gasteiger partial charge in [-0.15, -0.1) is 11.3 Å². The third-order valence-electron chi connectivity index (χ3n) is 3.04. The topological polar surface area (TPSA) is 82.5 Å². The number of aromatic nitrogens is 2. The van der Waals surface area contributed by atoms with Gasteiger partial charge < -0.3 is 14.8 Å². The standard InChI is InChI=1S/C13H13N3O4S/c1-19-13(18)8-3-6-21-12(8)14-11(17)9-7-10-16(15-9)4-2-5-20-10/h3,6-7H,2,4-5H2,1H3,(H,14,17). The van der Waals surface area contributed by atoms with Crippen molar-refractivity contribution >= 4 is 28.2 Å². The highest BCUT2D eigenvalue weighted by Gasteiger charge is 2.20. The molecule has 0 radical (unpaired) electrons. The quantitative estimate of drug-likeness (QED) is 0.874. The van der Waals surface area contributed by atoms with E-state index in [0.29, 0.717) is 23.1 Å². The van der Waals surface area contributed by atoms with E-state index in [0.717, 1.165) is 13.0 Å². The molecule has 0 atom stereocenters. The van der Waals surface area contributed by atoms with Crippen molar-refractivity contribution in [2.45, 2.75) is 13.0 Å². The Hall–Kier alpha value is -2.35. The van der Waals surface area contributed by atoms with Crippen LogP contribution in [0.15, 0.2) is 17.5 Å². The predicted molar refractivity (Wildman–Crippen MR) is 76.0 cm³/mol. The molecule has 2 aromatic heterocycles. The molecule has 1 N–H and O–H groups in total. The average Bonchev–Trinajstić information content (AvgIpc) is 3.12. The number of aryl methyl sites for hydroxylation is 1. The first-order valence-corrected chi connectivity index (χ1v) is 7.25. The second-order valence-corrected chi connectivity index (χ2v) is 5.32. The van der Waals surface area contributed by atoms with Gasteiger partial charge in [0.25, 0.3) is 5.91 Å². The van der Waals surface area contributed by atoms with Crippen LogP contribution in [0.3, 0.4) is 0 Å². The number of hydrogen-bond donors (Lipinski definition) is 1. The zero-order valence-corrected chi connectivity index (χ0v) is 12.1. The minimum atomic E-state index is -0.487. The van der Waals surface area contributed by atoms with Gasteiger partial charge in [0, 0.05) is 19.0 Å². The molecule has 2 aromatic rings. The Morgan fingerprint density at radius 2 is 2.38 bits per heavy atom. The summed E-state index contributed by atoms with van der Waals surface area (Å²) in [6, 6.07) is 3.20. The number of nitrogens with one attached hydrogen (secondary N) is 1. The zero-order chi connectivity index (χ0) is 14.8. The molecule has 7 nitrogen and oxygen atoms in total. The van der Waals surface area contributed by atoms with Crippen LogP contribution in [0, 0.1) is 0 Å². The lowest BCUT2D eigenvalue weighted by Gasteiger charge is -2.13. The van der Waals surface area contributed by atoms with E-state index in [1.54, 1.807) is 22.2 Å². The lowest BCUT2D eigenvalue weighted by Crippen LogP contribution is -2.16. The molecule has 0 spiro atoms. The largest absolute Gasteiger partial charge is 0.478 e. The summed E-state index contributed by atoms with van der Waals surface area (Å²) < 4.78 is 11.7. The number of esters is 1. The lowest BCUT2D eigenvalue weighted by molar-refractivity contribution is 0.0602. The van der Waals surface area contributed by atoms with Crippen LogP contribution in [-0.2, 0) is 11.3 Å². The van der Waals surface area contributed by atoms with Crippen LogP contribution in [0.2, 0.25) is 0 Å². The molecule has 0 bridgehead atoms. The highest BCUT2D eigenvalue weighted by atomic mass is 32.1. The average molecular weight is 307 g/mol. The van der Waals surface area contributed by atoms with Crippen LogP contribution in [0.25, 0.3) is 0 Å². The van der Waals surface area contributed by atoms with Gasteiger partial charge in [0.15, 0.2) is 5.69 Å². The number of rotatable bonds is 3. The van der Waals surface area contributed by atoms with Crippen LogP contribution < -0.4 is 10.1 Å². The number of carbonyl (C=O) groups excluding carboxylic acids is 2. The molecule has 1 aliphatic heterocycles. The fraction of sp³-hybridized carbons (Fsp3) is 0.308. The van der Waals surface area contributed by atoms with Gasteiger partial charge in [-0.1, -0.05) is 0 Å². The third-order valence-corrected chi connectivity index (χ3v) is 3.87. The van der Waals surface area contributed by atoms with Gasteiger partial charge in [-0.05, 0) is 11.4 Å². The Morgan fingerprint density at radius 1 is 1.52 bits per heavy atom. The van der Waals surface area contributed by atoms with Crippen molar-refractivity contribution in [1.29, 1.82) is 0 Å². The summed E-state index contributed by atoms with van der Waals surface area (Å²) in [4.78, 5) is 23.8. The number of fused-ring (bicyclic) bond motifs is 1. The second kappa shape index (κ2) is 5.57. The molecule has 0 fully saturated rings. The van der Waals surface area contributed by atoms with Gasteiger partial charge in [0.1, 0.15) is 5.00 Å². The second-order valence-electron chi connectivity index (χ2n) is 4.40. The first-order valence-electron chi connectivity index (χ1n) is 6.37. The van der Waals surface area contributed by atoms with Gasteiger partial charge >= 0.3 is 5.97 Å². The van der Waals surface area contributed by atoms with E-state index in [9.17, 15) is 9.59 Å². The molecule has 110 valence electrons. The third kappa shape index (κ3) is 2.62. The number of methoxy groups -OCH3 is 1. The number of ether oxygens (including phenoxy) is 2. The minimum absolute atomic E-state index is 0.260. The normalized spacial score (nSPS) is 13.2. The van der Waals surface area contributed by atoms with Crippen molar-refractivity contribution in [3.8, 4) is 5.88 Å². The Morgan fingerprint density at radius 3 is 3.14 bits per heavy atom. The molecule has 3 rings (SSSR count). The number of nitrogens with zero attached hydrogens (tertiary/aromatic N) is 2. The van der Waals surface area contributed by atoms with E-state index < -0.39 is 5.97 Å². The number of hydrogen-bond acceptors (Lipinski definition) is 6. The zero-order valence-electron chi connectivity index (χ0n) is 11.3. The van der Waals surface area contributed by atoms with E-state index >= 15 is 0 Å². The van der Waals surface area contributed by atoms with Crippen molar-refractivity contribution in [3.05, 3.63) is 28.8 Å². The van der Waals surface area contributed by atoms with Gasteiger partial charge in [-0.3, -0.25) is 4.79 Å². The van der Waals surface area contributed by atoms with Crippen LogP contribution in [0.1, 0.15) is 27.3 Å². The number of anilines is 1. The van der Waals surface area contributed by atoms with E-state index in [4.69, 9.17) is 4.74 Å². The molecule has 1 aliphatic rings. The maximum atomic E-state index is 12.2. The molecule has 0 unspecified atom stereocenters. The summed E-state index contributed by atoms with van der Waals surface area (Å²) in [5.74, 6) is -0.280. The molecule has 0 aromatic carbocycles. The molecule has 0 saturated carbocycles. The summed E-state index contributed by atoms with van der Waals surface area (Å²) in [6.45, 7) is 1.36. The SMILES string of the molecule is COC(=O)c1ccsc1NC(=O)c1cc2n(n1)CCCO2. The first-order chi connectivity index (χ1) is 10.2. The summed E-state index contributed by atoms with van der Waals surface area (Å²) in [5.41, 5.74) is 0.590. The van der Waals surface area contributed by atoms with Crippen LogP contribution >= 0.6 is 11.3 Å². The fourth-order valence-electron chi connectivity index (χ4n) is 2.02. The predicted octanol–water partition coefficient (Wildman–Crippen LogP) is 1.77. The molecule has 0 saturated heterocycles. The molecular weight excluding hydrogens is 294 g/mol.